The van der Waals surface area contributed by atoms with Crippen LogP contribution in [-0.2, 0) is 6.54 Å². The SMILES string of the molecule is Clc1ccc(CNc2cnc3ccccc3n2)c(Cl)c1. The first-order valence-corrected chi connectivity index (χ1v) is 6.87. The number of nitrogens with one attached hydrogen (secondary N) is 1. The van der Waals surface area contributed by atoms with E-state index in [1.54, 1.807) is 12.3 Å². The normalized spacial score (nSPS) is 10.7. The van der Waals surface area contributed by atoms with Gasteiger partial charge in [-0.1, -0.05) is 41.4 Å². The molecule has 20 heavy (non-hydrogen) atoms. The van der Waals surface area contributed by atoms with Crippen LogP contribution in [0.4, 0.5) is 5.82 Å². The molecule has 1 aromatic heterocycles. The third-order valence-electron chi connectivity index (χ3n) is 2.92. The van der Waals surface area contributed by atoms with Crippen molar-refractivity contribution in [1.29, 1.82) is 0 Å². The highest BCUT2D eigenvalue weighted by Gasteiger charge is 2.03. The summed E-state index contributed by atoms with van der Waals surface area (Å²) in [4.78, 5) is 8.85. The molecular formula is C15H11Cl2N3. The van der Waals surface area contributed by atoms with Gasteiger partial charge in [-0.2, -0.15) is 0 Å². The van der Waals surface area contributed by atoms with Gasteiger partial charge in [-0.15, -0.1) is 0 Å². The predicted octanol–water partition coefficient (Wildman–Crippen LogP) is 4.55. The van der Waals surface area contributed by atoms with Crippen molar-refractivity contribution in [2.75, 3.05) is 5.32 Å². The molecule has 3 nitrogen and oxygen atoms in total. The van der Waals surface area contributed by atoms with Crippen LogP contribution in [0.5, 0.6) is 0 Å². The van der Waals surface area contributed by atoms with Crippen molar-refractivity contribution in [2.45, 2.75) is 6.54 Å². The van der Waals surface area contributed by atoms with Crippen LogP contribution in [0.1, 0.15) is 5.56 Å². The molecule has 0 saturated heterocycles. The molecule has 0 unspecified atom stereocenters. The summed E-state index contributed by atoms with van der Waals surface area (Å²) < 4.78 is 0. The smallest absolute Gasteiger partial charge is 0.145 e. The number of halogens is 2. The average molecular weight is 304 g/mol. The third kappa shape index (κ3) is 2.84. The van der Waals surface area contributed by atoms with Crippen LogP contribution in [0.25, 0.3) is 11.0 Å². The van der Waals surface area contributed by atoms with Crippen LogP contribution < -0.4 is 5.32 Å². The van der Waals surface area contributed by atoms with Crippen LogP contribution in [0.15, 0.2) is 48.7 Å². The van der Waals surface area contributed by atoms with Crippen molar-refractivity contribution in [3.8, 4) is 0 Å². The lowest BCUT2D eigenvalue weighted by molar-refractivity contribution is 1.11. The van der Waals surface area contributed by atoms with Crippen molar-refractivity contribution in [3.05, 3.63) is 64.3 Å². The fourth-order valence-electron chi connectivity index (χ4n) is 1.89. The number of nitrogens with zero attached hydrogens (tertiary/aromatic N) is 2. The van der Waals surface area contributed by atoms with Crippen LogP contribution in [0, 0.1) is 0 Å². The fraction of sp³-hybridized carbons (Fsp3) is 0.0667. The Labute approximate surface area is 126 Å². The Morgan fingerprint density at radius 3 is 2.60 bits per heavy atom. The quantitative estimate of drug-likeness (QED) is 0.771. The summed E-state index contributed by atoms with van der Waals surface area (Å²) in [6.07, 6.45) is 1.71. The van der Waals surface area contributed by atoms with Crippen LogP contribution in [-0.4, -0.2) is 9.97 Å². The standard InChI is InChI=1S/C15H11Cl2N3/c16-11-6-5-10(12(17)7-11)8-19-15-9-18-13-3-1-2-4-14(13)20-15/h1-7,9H,8H2,(H,19,20). The lowest BCUT2D eigenvalue weighted by Gasteiger charge is -2.08. The van der Waals surface area contributed by atoms with Gasteiger partial charge < -0.3 is 5.32 Å². The van der Waals surface area contributed by atoms with Crippen LogP contribution in [0.2, 0.25) is 10.0 Å². The van der Waals surface area contributed by atoms with Gasteiger partial charge in [-0.05, 0) is 29.8 Å². The van der Waals surface area contributed by atoms with Gasteiger partial charge in [0.15, 0.2) is 0 Å². The average Bonchev–Trinajstić information content (AvgIpc) is 2.46. The molecule has 0 saturated carbocycles. The monoisotopic (exact) mass is 303 g/mol. The number of anilines is 1. The van der Waals surface area contributed by atoms with Gasteiger partial charge in [0.05, 0.1) is 17.2 Å². The van der Waals surface area contributed by atoms with E-state index in [-0.39, 0.29) is 0 Å². The molecule has 100 valence electrons. The second kappa shape index (κ2) is 5.65. The number of benzene rings is 2. The first-order valence-electron chi connectivity index (χ1n) is 6.12. The Bertz CT molecular complexity index is 759. The number of hydrogen-bond donors (Lipinski definition) is 1. The number of fused-ring (bicyclic) bond motifs is 1. The van der Waals surface area contributed by atoms with E-state index >= 15 is 0 Å². The topological polar surface area (TPSA) is 37.8 Å². The Balaban J connectivity index is 1.79. The Morgan fingerprint density at radius 1 is 1.00 bits per heavy atom. The van der Waals surface area contributed by atoms with E-state index in [1.165, 1.54) is 0 Å². The molecule has 0 aliphatic carbocycles. The molecule has 1 N–H and O–H groups in total. The molecule has 0 atom stereocenters. The number of para-hydroxylation sites is 2. The van der Waals surface area contributed by atoms with Crippen LogP contribution >= 0.6 is 23.2 Å². The van der Waals surface area contributed by atoms with Gasteiger partial charge in [0.25, 0.3) is 0 Å². The van der Waals surface area contributed by atoms with E-state index in [9.17, 15) is 0 Å². The predicted molar refractivity (Wildman–Crippen MR) is 83.3 cm³/mol. The molecule has 0 fully saturated rings. The molecule has 0 amide bonds. The molecule has 0 bridgehead atoms. The van der Waals surface area contributed by atoms with E-state index in [4.69, 9.17) is 23.2 Å². The highest BCUT2D eigenvalue weighted by atomic mass is 35.5. The minimum absolute atomic E-state index is 0.572. The Morgan fingerprint density at radius 2 is 1.80 bits per heavy atom. The Kier molecular flexibility index (Phi) is 3.72. The summed E-state index contributed by atoms with van der Waals surface area (Å²) in [5.74, 6) is 0.717. The number of aromatic nitrogens is 2. The molecule has 5 heteroatoms. The van der Waals surface area contributed by atoms with Crippen molar-refractivity contribution < 1.29 is 0 Å². The maximum atomic E-state index is 6.13. The molecule has 0 aliphatic rings. The van der Waals surface area contributed by atoms with E-state index in [1.807, 2.05) is 36.4 Å². The summed E-state index contributed by atoms with van der Waals surface area (Å²) in [5.41, 5.74) is 2.70. The largest absolute Gasteiger partial charge is 0.365 e. The molecular weight excluding hydrogens is 293 g/mol. The molecule has 0 spiro atoms. The van der Waals surface area contributed by atoms with Gasteiger partial charge in [0.1, 0.15) is 5.82 Å². The minimum Gasteiger partial charge on any atom is -0.365 e. The zero-order valence-electron chi connectivity index (χ0n) is 10.5. The van der Waals surface area contributed by atoms with E-state index in [2.05, 4.69) is 15.3 Å². The highest BCUT2D eigenvalue weighted by Crippen LogP contribution is 2.21. The molecule has 3 rings (SSSR count). The lowest BCUT2D eigenvalue weighted by atomic mass is 10.2. The maximum Gasteiger partial charge on any atom is 0.145 e. The van der Waals surface area contributed by atoms with Gasteiger partial charge >= 0.3 is 0 Å². The van der Waals surface area contributed by atoms with Crippen LogP contribution in [0.3, 0.4) is 0 Å². The zero-order chi connectivity index (χ0) is 13.9. The lowest BCUT2D eigenvalue weighted by Crippen LogP contribution is -2.02. The van der Waals surface area contributed by atoms with Crippen molar-refractivity contribution in [3.63, 3.8) is 0 Å². The second-order valence-electron chi connectivity index (χ2n) is 4.33. The van der Waals surface area contributed by atoms with Gasteiger partial charge in [-0.25, -0.2) is 4.98 Å². The van der Waals surface area contributed by atoms with E-state index in [0.29, 0.717) is 16.6 Å². The molecule has 1 heterocycles. The van der Waals surface area contributed by atoms with E-state index in [0.717, 1.165) is 22.4 Å². The zero-order valence-corrected chi connectivity index (χ0v) is 12.0. The maximum absolute atomic E-state index is 6.13. The minimum atomic E-state index is 0.572. The summed E-state index contributed by atoms with van der Waals surface area (Å²) in [6.45, 7) is 0.572. The molecule has 3 aromatic rings. The molecule has 2 aromatic carbocycles. The Hall–Kier alpha value is -1.84. The molecule has 0 aliphatic heterocycles. The first kappa shape index (κ1) is 13.2. The van der Waals surface area contributed by atoms with Gasteiger partial charge in [0.2, 0.25) is 0 Å². The van der Waals surface area contributed by atoms with Gasteiger partial charge in [0, 0.05) is 16.6 Å². The van der Waals surface area contributed by atoms with Gasteiger partial charge in [-0.3, -0.25) is 4.98 Å². The van der Waals surface area contributed by atoms with Crippen molar-refractivity contribution >= 4 is 40.1 Å². The third-order valence-corrected chi connectivity index (χ3v) is 3.51. The summed E-state index contributed by atoms with van der Waals surface area (Å²) in [7, 11) is 0. The second-order valence-corrected chi connectivity index (χ2v) is 5.18. The summed E-state index contributed by atoms with van der Waals surface area (Å²) in [5, 5.41) is 4.48. The fourth-order valence-corrected chi connectivity index (χ4v) is 2.37. The molecule has 0 radical (unpaired) electrons. The highest BCUT2D eigenvalue weighted by molar-refractivity contribution is 6.35. The van der Waals surface area contributed by atoms with Crippen molar-refractivity contribution in [1.82, 2.24) is 9.97 Å². The van der Waals surface area contributed by atoms with Crippen molar-refractivity contribution in [2.24, 2.45) is 0 Å². The number of hydrogen-bond acceptors (Lipinski definition) is 3. The number of rotatable bonds is 3. The first-order chi connectivity index (χ1) is 9.72. The summed E-state index contributed by atoms with van der Waals surface area (Å²) in [6, 6.07) is 13.2. The summed E-state index contributed by atoms with van der Waals surface area (Å²) >= 11 is 12.0. The van der Waals surface area contributed by atoms with E-state index < -0.39 is 0 Å².